The number of para-hydroxylation sites is 1. The number of amides is 2. The van der Waals surface area contributed by atoms with Crippen molar-refractivity contribution in [3.63, 3.8) is 0 Å². The smallest absolute Gasteiger partial charge is 0.243 e. The van der Waals surface area contributed by atoms with E-state index in [1.54, 1.807) is 17.0 Å². The minimum Gasteiger partial charge on any atom is -0.494 e. The molecule has 0 aliphatic carbocycles. The number of nitrogens with zero attached hydrogens (tertiary/aromatic N) is 1. The maximum absolute atomic E-state index is 13.3. The number of carbonyl (C=O) groups is 2. The summed E-state index contributed by atoms with van der Waals surface area (Å²) in [6.07, 6.45) is 2.11. The van der Waals surface area contributed by atoms with E-state index < -0.39 is 6.04 Å². The van der Waals surface area contributed by atoms with Crippen LogP contribution >= 0.6 is 0 Å². The van der Waals surface area contributed by atoms with Crippen LogP contribution in [0.1, 0.15) is 52.0 Å². The summed E-state index contributed by atoms with van der Waals surface area (Å²) in [5.41, 5.74) is 0.782. The summed E-state index contributed by atoms with van der Waals surface area (Å²) in [5.74, 6) is 0.152. The zero-order valence-electron chi connectivity index (χ0n) is 18.6. The summed E-state index contributed by atoms with van der Waals surface area (Å²) in [7, 11) is 0. The maximum Gasteiger partial charge on any atom is 0.243 e. The van der Waals surface area contributed by atoms with Gasteiger partial charge in [0.2, 0.25) is 11.8 Å². The number of carbonyl (C=O) groups excluding carboxylic acids is 2. The van der Waals surface area contributed by atoms with Crippen molar-refractivity contribution >= 4 is 11.8 Å². The van der Waals surface area contributed by atoms with Gasteiger partial charge in [-0.1, -0.05) is 44.2 Å². The van der Waals surface area contributed by atoms with Crippen molar-refractivity contribution in [1.82, 2.24) is 10.2 Å². The van der Waals surface area contributed by atoms with Crippen LogP contribution in [0.4, 0.5) is 4.39 Å². The first-order chi connectivity index (χ1) is 14.9. The van der Waals surface area contributed by atoms with Crippen molar-refractivity contribution in [1.29, 1.82) is 0 Å². The Morgan fingerprint density at radius 2 is 1.71 bits per heavy atom. The molecule has 0 spiro atoms. The number of ether oxygens (including phenoxy) is 1. The Morgan fingerprint density at radius 1 is 1.03 bits per heavy atom. The molecule has 168 valence electrons. The fraction of sp³-hybridized carbons (Fsp3) is 0.440. The molecule has 2 atom stereocenters. The molecule has 0 aliphatic rings. The highest BCUT2D eigenvalue weighted by Gasteiger charge is 2.28. The normalized spacial score (nSPS) is 12.6. The Bertz CT molecular complexity index is 811. The lowest BCUT2D eigenvalue weighted by atomic mass is 10.1. The van der Waals surface area contributed by atoms with Crippen molar-refractivity contribution in [3.05, 3.63) is 66.0 Å². The molecule has 31 heavy (non-hydrogen) atoms. The first-order valence-electron chi connectivity index (χ1n) is 11.0. The van der Waals surface area contributed by atoms with E-state index >= 15 is 0 Å². The fourth-order valence-electron chi connectivity index (χ4n) is 3.22. The lowest BCUT2D eigenvalue weighted by molar-refractivity contribution is -0.141. The molecule has 0 radical (unpaired) electrons. The van der Waals surface area contributed by atoms with Gasteiger partial charge in [-0.05, 0) is 56.0 Å². The maximum atomic E-state index is 13.3. The third-order valence-electron chi connectivity index (χ3n) is 5.20. The minimum atomic E-state index is -0.582. The van der Waals surface area contributed by atoms with Crippen LogP contribution in [0.25, 0.3) is 0 Å². The van der Waals surface area contributed by atoms with Gasteiger partial charge in [0.25, 0.3) is 0 Å². The van der Waals surface area contributed by atoms with Crippen LogP contribution in [0.3, 0.4) is 0 Å². The van der Waals surface area contributed by atoms with Crippen molar-refractivity contribution < 1.29 is 18.7 Å². The number of rotatable bonds is 12. The monoisotopic (exact) mass is 428 g/mol. The van der Waals surface area contributed by atoms with E-state index in [4.69, 9.17) is 4.74 Å². The van der Waals surface area contributed by atoms with E-state index in [9.17, 15) is 14.0 Å². The molecule has 2 aromatic carbocycles. The SMILES string of the molecule is CC[C@@H](C)NC(=O)[C@@H](CC)N(Cc1ccc(F)cc1)C(=O)CCCOc1ccccc1. The van der Waals surface area contributed by atoms with E-state index in [1.807, 2.05) is 51.1 Å². The molecule has 5 nitrogen and oxygen atoms in total. The molecule has 6 heteroatoms. The largest absolute Gasteiger partial charge is 0.494 e. The molecule has 2 amide bonds. The topological polar surface area (TPSA) is 58.6 Å². The molecule has 1 N–H and O–H groups in total. The zero-order chi connectivity index (χ0) is 22.6. The van der Waals surface area contributed by atoms with Crippen LogP contribution in [0.5, 0.6) is 5.75 Å². The number of hydrogen-bond acceptors (Lipinski definition) is 3. The van der Waals surface area contributed by atoms with Crippen LogP contribution in [0.15, 0.2) is 54.6 Å². The highest BCUT2D eigenvalue weighted by Crippen LogP contribution is 2.16. The Balaban J connectivity index is 2.06. The van der Waals surface area contributed by atoms with E-state index in [0.717, 1.165) is 17.7 Å². The molecular formula is C25H33FN2O3. The molecule has 2 aromatic rings. The first kappa shape index (κ1) is 24.4. The number of hydrogen-bond donors (Lipinski definition) is 1. The van der Waals surface area contributed by atoms with Gasteiger partial charge < -0.3 is 15.0 Å². The Labute approximate surface area is 184 Å². The van der Waals surface area contributed by atoms with Gasteiger partial charge in [-0.25, -0.2) is 4.39 Å². The van der Waals surface area contributed by atoms with Crippen LogP contribution in [0, 0.1) is 5.82 Å². The standard InChI is InChI=1S/C25H33FN2O3/c1-4-19(3)27-25(30)23(5-2)28(18-20-13-15-21(26)16-14-20)24(29)12-9-17-31-22-10-7-6-8-11-22/h6-8,10-11,13-16,19,23H,4-5,9,12,17-18H2,1-3H3,(H,27,30)/t19-,23-/m1/s1. The van der Waals surface area contributed by atoms with E-state index in [1.165, 1.54) is 12.1 Å². The Morgan fingerprint density at radius 3 is 2.32 bits per heavy atom. The molecular weight excluding hydrogens is 395 g/mol. The van der Waals surface area contributed by atoms with Crippen LogP contribution in [-0.2, 0) is 16.1 Å². The quantitative estimate of drug-likeness (QED) is 0.498. The second-order valence-electron chi connectivity index (χ2n) is 7.66. The Kier molecular flexibility index (Phi) is 10.0. The van der Waals surface area contributed by atoms with Crippen LogP contribution < -0.4 is 10.1 Å². The predicted octanol–water partition coefficient (Wildman–Crippen LogP) is 4.71. The number of benzene rings is 2. The third-order valence-corrected chi connectivity index (χ3v) is 5.20. The van der Waals surface area contributed by atoms with Gasteiger partial charge in [0.15, 0.2) is 0 Å². The summed E-state index contributed by atoms with van der Waals surface area (Å²) in [5, 5.41) is 2.98. The predicted molar refractivity (Wildman–Crippen MR) is 120 cm³/mol. The molecule has 0 saturated carbocycles. The molecule has 0 aliphatic heterocycles. The Hall–Kier alpha value is -2.89. The minimum absolute atomic E-state index is 0.0311. The van der Waals surface area contributed by atoms with E-state index in [2.05, 4.69) is 5.32 Å². The van der Waals surface area contributed by atoms with Gasteiger partial charge in [-0.3, -0.25) is 9.59 Å². The summed E-state index contributed by atoms with van der Waals surface area (Å²) in [6, 6.07) is 14.9. The summed E-state index contributed by atoms with van der Waals surface area (Å²) >= 11 is 0. The van der Waals surface area contributed by atoms with Crippen LogP contribution in [0.2, 0.25) is 0 Å². The lowest BCUT2D eigenvalue weighted by Crippen LogP contribution is -2.50. The first-order valence-corrected chi connectivity index (χ1v) is 11.0. The number of nitrogens with one attached hydrogen (secondary N) is 1. The molecule has 0 aromatic heterocycles. The molecule has 0 heterocycles. The average Bonchev–Trinajstić information content (AvgIpc) is 2.78. The molecule has 0 bridgehead atoms. The van der Waals surface area contributed by atoms with Crippen molar-refractivity contribution in [2.45, 2.75) is 65.1 Å². The van der Waals surface area contributed by atoms with Gasteiger partial charge in [0, 0.05) is 19.0 Å². The molecule has 0 unspecified atom stereocenters. The molecule has 0 saturated heterocycles. The summed E-state index contributed by atoms with van der Waals surface area (Å²) in [4.78, 5) is 27.6. The van der Waals surface area contributed by atoms with Gasteiger partial charge in [0.1, 0.15) is 17.6 Å². The third kappa shape index (κ3) is 8.04. The fourth-order valence-corrected chi connectivity index (χ4v) is 3.22. The second kappa shape index (κ2) is 12.7. The highest BCUT2D eigenvalue weighted by molar-refractivity contribution is 5.87. The summed E-state index contributed by atoms with van der Waals surface area (Å²) in [6.45, 7) is 6.50. The average molecular weight is 429 g/mol. The summed E-state index contributed by atoms with van der Waals surface area (Å²) < 4.78 is 19.0. The van der Waals surface area contributed by atoms with Crippen LogP contribution in [-0.4, -0.2) is 35.4 Å². The highest BCUT2D eigenvalue weighted by atomic mass is 19.1. The van der Waals surface area contributed by atoms with E-state index in [-0.39, 0.29) is 36.6 Å². The van der Waals surface area contributed by atoms with E-state index in [0.29, 0.717) is 19.4 Å². The van der Waals surface area contributed by atoms with Crippen molar-refractivity contribution in [3.8, 4) is 5.75 Å². The zero-order valence-corrected chi connectivity index (χ0v) is 18.6. The number of halogens is 1. The van der Waals surface area contributed by atoms with Crippen molar-refractivity contribution in [2.24, 2.45) is 0 Å². The van der Waals surface area contributed by atoms with Gasteiger partial charge >= 0.3 is 0 Å². The second-order valence-corrected chi connectivity index (χ2v) is 7.66. The van der Waals surface area contributed by atoms with Gasteiger partial charge in [-0.15, -0.1) is 0 Å². The van der Waals surface area contributed by atoms with Crippen molar-refractivity contribution in [2.75, 3.05) is 6.61 Å². The van der Waals surface area contributed by atoms with Gasteiger partial charge in [0.05, 0.1) is 6.61 Å². The van der Waals surface area contributed by atoms with Gasteiger partial charge in [-0.2, -0.15) is 0 Å². The molecule has 0 fully saturated rings. The molecule has 2 rings (SSSR count). The lowest BCUT2D eigenvalue weighted by Gasteiger charge is -2.31.